The fourth-order valence-electron chi connectivity index (χ4n) is 2.89. The smallest absolute Gasteiger partial charge is 0.314 e. The molecule has 1 saturated heterocycles. The number of carbonyl (C=O) groups excluding carboxylic acids is 1. The summed E-state index contributed by atoms with van der Waals surface area (Å²) < 4.78 is 3.69. The molecule has 1 aliphatic heterocycles. The van der Waals surface area contributed by atoms with Crippen LogP contribution in [0.3, 0.4) is 0 Å². The highest BCUT2D eigenvalue weighted by atomic mass is 32.1. The SMILES string of the molecule is O=C(c1cnns1)N1CCC(C(=O)O)(c2ccccc2)CC1. The van der Waals surface area contributed by atoms with Crippen molar-refractivity contribution in [3.63, 3.8) is 0 Å². The lowest BCUT2D eigenvalue weighted by Crippen LogP contribution is -2.49. The number of benzene rings is 1. The van der Waals surface area contributed by atoms with Crippen molar-refractivity contribution in [2.75, 3.05) is 13.1 Å². The second-order valence-corrected chi connectivity index (χ2v) is 6.11. The second-order valence-electron chi connectivity index (χ2n) is 5.33. The van der Waals surface area contributed by atoms with Crippen molar-refractivity contribution in [1.29, 1.82) is 0 Å². The van der Waals surface area contributed by atoms with Gasteiger partial charge in [0.05, 0.1) is 11.6 Å². The van der Waals surface area contributed by atoms with Gasteiger partial charge in [0.1, 0.15) is 4.88 Å². The highest BCUT2D eigenvalue weighted by Crippen LogP contribution is 2.36. The second kappa shape index (κ2) is 5.84. The Morgan fingerprint density at radius 1 is 1.18 bits per heavy atom. The van der Waals surface area contributed by atoms with Gasteiger partial charge in [-0.05, 0) is 29.9 Å². The van der Waals surface area contributed by atoms with Crippen molar-refractivity contribution in [2.45, 2.75) is 18.3 Å². The molecule has 1 aliphatic rings. The Balaban J connectivity index is 1.79. The monoisotopic (exact) mass is 317 g/mol. The van der Waals surface area contributed by atoms with Gasteiger partial charge in [-0.2, -0.15) is 0 Å². The van der Waals surface area contributed by atoms with Gasteiger partial charge < -0.3 is 10.0 Å². The molecule has 0 saturated carbocycles. The molecule has 3 rings (SSSR count). The van der Waals surface area contributed by atoms with Crippen LogP contribution in [0.25, 0.3) is 0 Å². The standard InChI is InChI=1S/C15H15N3O3S/c19-13(12-10-16-17-22-12)18-8-6-15(7-9-18,14(20)21)11-4-2-1-3-5-11/h1-5,10H,6-9H2,(H,20,21). The number of carboxylic acids is 1. The van der Waals surface area contributed by atoms with Gasteiger partial charge in [-0.3, -0.25) is 9.59 Å². The molecule has 1 aromatic carbocycles. The normalized spacial score (nSPS) is 17.2. The van der Waals surface area contributed by atoms with Crippen LogP contribution >= 0.6 is 11.5 Å². The molecule has 0 aliphatic carbocycles. The number of piperidine rings is 1. The Morgan fingerprint density at radius 3 is 2.41 bits per heavy atom. The predicted molar refractivity (Wildman–Crippen MR) is 80.8 cm³/mol. The molecule has 2 heterocycles. The molecule has 0 bridgehead atoms. The molecule has 0 radical (unpaired) electrons. The zero-order valence-corrected chi connectivity index (χ0v) is 12.6. The number of carbonyl (C=O) groups is 2. The first kappa shape index (κ1) is 14.6. The van der Waals surface area contributed by atoms with Gasteiger partial charge in [-0.15, -0.1) is 5.10 Å². The Bertz CT molecular complexity index is 665. The summed E-state index contributed by atoms with van der Waals surface area (Å²) >= 11 is 1.06. The molecule has 114 valence electrons. The van der Waals surface area contributed by atoms with Crippen LogP contribution in [0.1, 0.15) is 28.1 Å². The maximum Gasteiger partial charge on any atom is 0.314 e. The van der Waals surface area contributed by atoms with Gasteiger partial charge in [0.2, 0.25) is 0 Å². The van der Waals surface area contributed by atoms with Gasteiger partial charge in [0, 0.05) is 13.1 Å². The van der Waals surface area contributed by atoms with E-state index in [9.17, 15) is 14.7 Å². The van der Waals surface area contributed by atoms with E-state index in [1.54, 1.807) is 4.90 Å². The zero-order chi connectivity index (χ0) is 15.6. The Kier molecular flexibility index (Phi) is 3.89. The molecule has 0 unspecified atom stereocenters. The molecule has 1 fully saturated rings. The minimum atomic E-state index is -0.913. The number of aromatic nitrogens is 2. The molecule has 7 heteroatoms. The van der Waals surface area contributed by atoms with Crippen molar-refractivity contribution in [3.8, 4) is 0 Å². The largest absolute Gasteiger partial charge is 0.481 e. The van der Waals surface area contributed by atoms with Crippen LogP contribution < -0.4 is 0 Å². The van der Waals surface area contributed by atoms with Crippen LogP contribution in [-0.2, 0) is 10.2 Å². The number of hydrogen-bond acceptors (Lipinski definition) is 5. The molecule has 1 aromatic heterocycles. The van der Waals surface area contributed by atoms with Gasteiger partial charge in [0.15, 0.2) is 0 Å². The van der Waals surface area contributed by atoms with E-state index in [4.69, 9.17) is 0 Å². The first-order valence-corrected chi connectivity index (χ1v) is 7.76. The van der Waals surface area contributed by atoms with Crippen LogP contribution in [0.4, 0.5) is 0 Å². The third kappa shape index (κ3) is 2.48. The topological polar surface area (TPSA) is 83.4 Å². The van der Waals surface area contributed by atoms with E-state index in [1.807, 2.05) is 30.3 Å². The molecular weight excluding hydrogens is 302 g/mol. The van der Waals surface area contributed by atoms with Crippen LogP contribution in [0.2, 0.25) is 0 Å². The molecule has 6 nitrogen and oxygen atoms in total. The summed E-state index contributed by atoms with van der Waals surface area (Å²) in [6.45, 7) is 0.829. The highest BCUT2D eigenvalue weighted by Gasteiger charge is 2.44. The summed E-state index contributed by atoms with van der Waals surface area (Å²) in [6.07, 6.45) is 2.26. The minimum absolute atomic E-state index is 0.123. The Labute approximate surface area is 131 Å². The van der Waals surface area contributed by atoms with E-state index >= 15 is 0 Å². The van der Waals surface area contributed by atoms with E-state index in [0.29, 0.717) is 30.8 Å². The molecule has 22 heavy (non-hydrogen) atoms. The lowest BCUT2D eigenvalue weighted by Gasteiger charge is -2.39. The first-order chi connectivity index (χ1) is 10.6. The number of likely N-dealkylation sites (tertiary alicyclic amines) is 1. The fourth-order valence-corrected chi connectivity index (χ4v) is 3.38. The predicted octanol–water partition coefficient (Wildman–Crippen LogP) is 1.80. The van der Waals surface area contributed by atoms with E-state index in [1.165, 1.54) is 6.20 Å². The van der Waals surface area contributed by atoms with Crippen molar-refractivity contribution < 1.29 is 14.7 Å². The summed E-state index contributed by atoms with van der Waals surface area (Å²) in [6, 6.07) is 9.26. The number of hydrogen-bond donors (Lipinski definition) is 1. The fraction of sp³-hybridized carbons (Fsp3) is 0.333. The average molecular weight is 317 g/mol. The summed E-state index contributed by atoms with van der Waals surface area (Å²) in [5.74, 6) is -0.952. The van der Waals surface area contributed by atoms with Gasteiger partial charge in [0.25, 0.3) is 5.91 Å². The third-order valence-electron chi connectivity index (χ3n) is 4.21. The zero-order valence-electron chi connectivity index (χ0n) is 11.8. The van der Waals surface area contributed by atoms with Crippen LogP contribution in [0, 0.1) is 0 Å². The summed E-state index contributed by atoms with van der Waals surface area (Å²) in [5.41, 5.74) is -0.113. The van der Waals surface area contributed by atoms with Crippen LogP contribution in [-0.4, -0.2) is 44.6 Å². The molecule has 0 spiro atoms. The van der Waals surface area contributed by atoms with E-state index < -0.39 is 11.4 Å². The minimum Gasteiger partial charge on any atom is -0.481 e. The molecule has 2 aromatic rings. The van der Waals surface area contributed by atoms with Crippen molar-refractivity contribution >= 4 is 23.4 Å². The summed E-state index contributed by atoms with van der Waals surface area (Å²) in [7, 11) is 0. The maximum atomic E-state index is 12.3. The highest BCUT2D eigenvalue weighted by molar-refractivity contribution is 7.07. The van der Waals surface area contributed by atoms with Gasteiger partial charge in [-0.25, -0.2) is 0 Å². The van der Waals surface area contributed by atoms with Crippen molar-refractivity contribution in [1.82, 2.24) is 14.5 Å². The van der Waals surface area contributed by atoms with Crippen molar-refractivity contribution in [3.05, 3.63) is 47.0 Å². The Morgan fingerprint density at radius 2 is 1.86 bits per heavy atom. The van der Waals surface area contributed by atoms with E-state index in [-0.39, 0.29) is 5.91 Å². The lowest BCUT2D eigenvalue weighted by molar-refractivity contribution is -0.145. The summed E-state index contributed by atoms with van der Waals surface area (Å²) in [5, 5.41) is 13.4. The van der Waals surface area contributed by atoms with Crippen LogP contribution in [0.15, 0.2) is 36.5 Å². The van der Waals surface area contributed by atoms with Gasteiger partial charge >= 0.3 is 5.97 Å². The first-order valence-electron chi connectivity index (χ1n) is 6.99. The number of rotatable bonds is 3. The van der Waals surface area contributed by atoms with E-state index in [0.717, 1.165) is 17.1 Å². The lowest BCUT2D eigenvalue weighted by atomic mass is 9.73. The van der Waals surface area contributed by atoms with Crippen molar-refractivity contribution in [2.24, 2.45) is 0 Å². The number of carboxylic acid groups (broad SMARTS) is 1. The number of amides is 1. The van der Waals surface area contributed by atoms with Crippen LogP contribution in [0.5, 0.6) is 0 Å². The average Bonchev–Trinajstić information content (AvgIpc) is 3.09. The maximum absolute atomic E-state index is 12.3. The molecular formula is C15H15N3O3S. The quantitative estimate of drug-likeness (QED) is 0.933. The Hall–Kier alpha value is -2.28. The molecule has 1 amide bonds. The number of aliphatic carboxylic acids is 1. The summed E-state index contributed by atoms with van der Waals surface area (Å²) in [4.78, 5) is 26.3. The van der Waals surface area contributed by atoms with Gasteiger partial charge in [-0.1, -0.05) is 34.8 Å². The number of nitrogens with zero attached hydrogens (tertiary/aromatic N) is 3. The molecule has 1 N–H and O–H groups in total. The third-order valence-corrected chi connectivity index (χ3v) is 4.86. The van der Waals surface area contributed by atoms with E-state index in [2.05, 4.69) is 9.59 Å². The molecule has 0 atom stereocenters.